The minimum Gasteiger partial charge on any atom is -0.493 e. The van der Waals surface area contributed by atoms with Gasteiger partial charge in [-0.3, -0.25) is 4.99 Å². The number of aliphatic imine (C=N–C) groups is 1. The number of aryl methyl sites for hydroxylation is 1. The molecule has 3 rings (SSSR count). The van der Waals surface area contributed by atoms with Gasteiger partial charge in [0.15, 0.2) is 11.8 Å². The number of aromatic nitrogens is 3. The monoisotopic (exact) mass is 556 g/mol. The van der Waals surface area contributed by atoms with Gasteiger partial charge in [-0.25, -0.2) is 9.67 Å². The molecule has 1 aromatic carbocycles. The molecule has 32 heavy (non-hydrogen) atoms. The van der Waals surface area contributed by atoms with E-state index in [1.54, 1.807) is 7.11 Å². The summed E-state index contributed by atoms with van der Waals surface area (Å²) in [7, 11) is 1.67. The average molecular weight is 556 g/mol. The van der Waals surface area contributed by atoms with Gasteiger partial charge in [-0.15, -0.1) is 24.0 Å². The summed E-state index contributed by atoms with van der Waals surface area (Å²) < 4.78 is 12.9. The SMILES string of the molecule is CCNC(=NCCc1ccc(OCC(C)C)cc1)NC1CCc2nc(COC)nn2C1.I. The fourth-order valence-corrected chi connectivity index (χ4v) is 3.49. The molecule has 0 radical (unpaired) electrons. The van der Waals surface area contributed by atoms with Gasteiger partial charge in [0.05, 0.1) is 13.2 Å². The molecule has 1 aromatic heterocycles. The fraction of sp³-hybridized carbons (Fsp3) is 0.609. The second-order valence-electron chi connectivity index (χ2n) is 8.30. The third kappa shape index (κ3) is 8.23. The van der Waals surface area contributed by atoms with Gasteiger partial charge in [-0.2, -0.15) is 5.10 Å². The number of hydrogen-bond donors (Lipinski definition) is 2. The number of halogens is 1. The van der Waals surface area contributed by atoms with E-state index in [2.05, 4.69) is 53.6 Å². The quantitative estimate of drug-likeness (QED) is 0.266. The minimum atomic E-state index is 0. The van der Waals surface area contributed by atoms with Crippen LogP contribution in [0.1, 0.15) is 44.4 Å². The molecule has 1 unspecified atom stereocenters. The van der Waals surface area contributed by atoms with Crippen LogP contribution < -0.4 is 15.4 Å². The Morgan fingerprint density at radius 2 is 2.06 bits per heavy atom. The van der Waals surface area contributed by atoms with Gasteiger partial charge < -0.3 is 20.1 Å². The standard InChI is InChI=1S/C23H36N6O2.HI/c1-5-24-23(25-13-12-18-6-9-20(10-7-18)31-15-17(2)3)26-19-8-11-22-27-21(16-30-4)28-29(22)14-19;/h6-7,9-10,17,19H,5,8,11-16H2,1-4H3,(H2,24,25,26);1H. The molecule has 0 fully saturated rings. The Balaban J connectivity index is 0.00000363. The Labute approximate surface area is 208 Å². The zero-order chi connectivity index (χ0) is 22.1. The summed E-state index contributed by atoms with van der Waals surface area (Å²) in [5, 5.41) is 11.5. The number of methoxy groups -OCH3 is 1. The van der Waals surface area contributed by atoms with Gasteiger partial charge in [0.1, 0.15) is 18.2 Å². The number of guanidine groups is 1. The predicted octanol–water partition coefficient (Wildman–Crippen LogP) is 3.19. The molecule has 0 amide bonds. The molecular weight excluding hydrogens is 519 g/mol. The number of nitrogens with zero attached hydrogens (tertiary/aromatic N) is 4. The lowest BCUT2D eigenvalue weighted by Crippen LogP contribution is -2.47. The molecule has 1 aliphatic heterocycles. The Bertz CT molecular complexity index is 838. The normalized spacial score (nSPS) is 15.8. The molecule has 0 bridgehead atoms. The maximum Gasteiger partial charge on any atom is 0.191 e. The molecule has 1 aliphatic rings. The van der Waals surface area contributed by atoms with Crippen LogP contribution in [0.2, 0.25) is 0 Å². The number of benzene rings is 1. The van der Waals surface area contributed by atoms with Crippen molar-refractivity contribution in [1.82, 2.24) is 25.4 Å². The van der Waals surface area contributed by atoms with E-state index in [9.17, 15) is 0 Å². The summed E-state index contributed by atoms with van der Waals surface area (Å²) >= 11 is 0. The van der Waals surface area contributed by atoms with Crippen molar-refractivity contribution in [2.24, 2.45) is 10.9 Å². The lowest BCUT2D eigenvalue weighted by atomic mass is 10.1. The maximum atomic E-state index is 5.76. The first-order valence-electron chi connectivity index (χ1n) is 11.3. The highest BCUT2D eigenvalue weighted by Crippen LogP contribution is 2.15. The molecule has 0 aliphatic carbocycles. The second-order valence-corrected chi connectivity index (χ2v) is 8.30. The van der Waals surface area contributed by atoms with Crippen molar-refractivity contribution in [1.29, 1.82) is 0 Å². The second kappa shape index (κ2) is 13.6. The summed E-state index contributed by atoms with van der Waals surface area (Å²) in [5.41, 5.74) is 1.26. The van der Waals surface area contributed by atoms with Gasteiger partial charge >= 0.3 is 0 Å². The predicted molar refractivity (Wildman–Crippen MR) is 138 cm³/mol. The van der Waals surface area contributed by atoms with Gasteiger partial charge in [-0.1, -0.05) is 26.0 Å². The number of hydrogen-bond acceptors (Lipinski definition) is 5. The van der Waals surface area contributed by atoms with Gasteiger partial charge in [0.2, 0.25) is 0 Å². The van der Waals surface area contributed by atoms with E-state index in [-0.39, 0.29) is 30.0 Å². The summed E-state index contributed by atoms with van der Waals surface area (Å²) in [5.74, 6) is 4.09. The van der Waals surface area contributed by atoms with E-state index < -0.39 is 0 Å². The van der Waals surface area contributed by atoms with E-state index in [0.29, 0.717) is 12.5 Å². The van der Waals surface area contributed by atoms with E-state index in [1.165, 1.54) is 5.56 Å². The molecular formula is C23H37IN6O2. The number of rotatable bonds is 10. The van der Waals surface area contributed by atoms with Crippen LogP contribution in [-0.2, 0) is 30.7 Å². The van der Waals surface area contributed by atoms with Gasteiger partial charge in [0.25, 0.3) is 0 Å². The Kier molecular flexibility index (Phi) is 11.2. The number of nitrogens with one attached hydrogen (secondary N) is 2. The molecule has 9 heteroatoms. The first kappa shape index (κ1) is 26.4. The smallest absolute Gasteiger partial charge is 0.191 e. The van der Waals surface area contributed by atoms with Crippen molar-refractivity contribution < 1.29 is 9.47 Å². The molecule has 0 spiro atoms. The van der Waals surface area contributed by atoms with Crippen molar-refractivity contribution in [2.75, 3.05) is 26.8 Å². The molecule has 1 atom stereocenters. The fourth-order valence-electron chi connectivity index (χ4n) is 3.49. The molecule has 8 nitrogen and oxygen atoms in total. The van der Waals surface area contributed by atoms with Crippen LogP contribution >= 0.6 is 24.0 Å². The maximum absolute atomic E-state index is 5.76. The van der Waals surface area contributed by atoms with Crippen LogP contribution in [0.25, 0.3) is 0 Å². The van der Waals surface area contributed by atoms with Crippen molar-refractivity contribution in [3.8, 4) is 5.75 Å². The van der Waals surface area contributed by atoms with Crippen molar-refractivity contribution in [2.45, 2.75) is 59.2 Å². The summed E-state index contributed by atoms with van der Waals surface area (Å²) in [6.07, 6.45) is 2.80. The lowest BCUT2D eigenvalue weighted by Gasteiger charge is -2.25. The highest BCUT2D eigenvalue weighted by molar-refractivity contribution is 14.0. The minimum absolute atomic E-state index is 0. The third-order valence-corrected chi connectivity index (χ3v) is 5.04. The first-order chi connectivity index (χ1) is 15.1. The van der Waals surface area contributed by atoms with Crippen molar-refractivity contribution in [3.63, 3.8) is 0 Å². The summed E-state index contributed by atoms with van der Waals surface area (Å²) in [4.78, 5) is 9.32. The molecule has 0 saturated carbocycles. The van der Waals surface area contributed by atoms with Crippen LogP contribution in [0.5, 0.6) is 5.75 Å². The van der Waals surface area contributed by atoms with Crippen LogP contribution in [-0.4, -0.2) is 53.6 Å². The number of fused-ring (bicyclic) bond motifs is 1. The molecule has 0 saturated heterocycles. The number of ether oxygens (including phenoxy) is 2. The average Bonchev–Trinajstić information content (AvgIpc) is 3.15. The van der Waals surface area contributed by atoms with Crippen LogP contribution in [0.15, 0.2) is 29.3 Å². The Morgan fingerprint density at radius 3 is 2.75 bits per heavy atom. The molecule has 2 N–H and O–H groups in total. The zero-order valence-electron chi connectivity index (χ0n) is 19.6. The lowest BCUT2D eigenvalue weighted by molar-refractivity contribution is 0.177. The molecule has 2 heterocycles. The molecule has 178 valence electrons. The Morgan fingerprint density at radius 1 is 1.28 bits per heavy atom. The van der Waals surface area contributed by atoms with Crippen LogP contribution in [0, 0.1) is 5.92 Å². The Hall–Kier alpha value is -1.88. The summed E-state index contributed by atoms with van der Waals surface area (Å²) in [6, 6.07) is 8.60. The van der Waals surface area contributed by atoms with Crippen molar-refractivity contribution in [3.05, 3.63) is 41.5 Å². The highest BCUT2D eigenvalue weighted by Gasteiger charge is 2.22. The van der Waals surface area contributed by atoms with Crippen LogP contribution in [0.3, 0.4) is 0 Å². The third-order valence-electron chi connectivity index (χ3n) is 5.04. The molecule has 2 aromatic rings. The summed E-state index contributed by atoms with van der Waals surface area (Å²) in [6.45, 7) is 9.92. The van der Waals surface area contributed by atoms with E-state index in [1.807, 2.05) is 16.8 Å². The van der Waals surface area contributed by atoms with E-state index >= 15 is 0 Å². The van der Waals surface area contributed by atoms with Crippen molar-refractivity contribution >= 4 is 29.9 Å². The van der Waals surface area contributed by atoms with E-state index in [0.717, 1.165) is 68.9 Å². The van der Waals surface area contributed by atoms with Gasteiger partial charge in [-0.05, 0) is 43.4 Å². The van der Waals surface area contributed by atoms with Crippen LogP contribution in [0.4, 0.5) is 0 Å². The van der Waals surface area contributed by atoms with E-state index in [4.69, 9.17) is 14.5 Å². The largest absolute Gasteiger partial charge is 0.493 e. The topological polar surface area (TPSA) is 85.6 Å². The van der Waals surface area contributed by atoms with Gasteiger partial charge in [0, 0.05) is 32.7 Å². The zero-order valence-corrected chi connectivity index (χ0v) is 22.0. The highest BCUT2D eigenvalue weighted by atomic mass is 127. The first-order valence-corrected chi connectivity index (χ1v) is 11.3.